The minimum Gasteiger partial charge on any atom is -0.458 e. The zero-order chi connectivity index (χ0) is 92.1. The van der Waals surface area contributed by atoms with Gasteiger partial charge in [-0.25, -0.2) is 9.59 Å². The van der Waals surface area contributed by atoms with Crippen molar-refractivity contribution in [2.24, 2.45) is 47.3 Å². The quantitative estimate of drug-likeness (QED) is 0.0165. The van der Waals surface area contributed by atoms with Crippen molar-refractivity contribution in [3.05, 3.63) is 87.9 Å². The van der Waals surface area contributed by atoms with Crippen LogP contribution in [0.5, 0.6) is 0 Å². The Labute approximate surface area is 722 Å². The van der Waals surface area contributed by atoms with Gasteiger partial charge in [0.15, 0.2) is 0 Å². The van der Waals surface area contributed by atoms with Crippen molar-refractivity contribution in [1.82, 2.24) is 74.0 Å². The first-order valence-electron chi connectivity index (χ1n) is 43.6. The van der Waals surface area contributed by atoms with E-state index in [1.165, 1.54) is 37.8 Å². The number of likely N-dealkylation sites (tertiary alicyclic amines) is 1. The summed E-state index contributed by atoms with van der Waals surface area (Å²) < 4.78 is 11.7. The lowest BCUT2D eigenvalue weighted by Gasteiger charge is -2.34. The van der Waals surface area contributed by atoms with Crippen LogP contribution < -0.4 is 79.6 Å². The van der Waals surface area contributed by atoms with Gasteiger partial charge in [-0.3, -0.25) is 67.1 Å². The number of fused-ring (bicyclic) bond motifs is 1. The van der Waals surface area contributed by atoms with Gasteiger partial charge in [0.25, 0.3) is 11.8 Å². The highest BCUT2D eigenvalue weighted by Gasteiger charge is 2.45. The number of cyclic esters (lactones) is 1. The molecule has 2 aliphatic heterocycles. The van der Waals surface area contributed by atoms with Crippen LogP contribution in [0.2, 0.25) is 0 Å². The number of rotatable bonds is 38. The summed E-state index contributed by atoms with van der Waals surface area (Å²) in [5, 5.41) is 46.5. The molecule has 14 N–H and O–H groups in total. The van der Waals surface area contributed by atoms with Gasteiger partial charge in [0.05, 0.1) is 6.10 Å². The van der Waals surface area contributed by atoms with E-state index < -0.39 is 215 Å². The highest BCUT2D eigenvalue weighted by molar-refractivity contribution is 6.03. The number of amides is 14. The molecule has 34 heteroatoms. The maximum atomic E-state index is 15.4. The second-order valence-corrected chi connectivity index (χ2v) is 34.5. The minimum atomic E-state index is -1.91. The van der Waals surface area contributed by atoms with Crippen molar-refractivity contribution in [1.29, 1.82) is 0 Å². The number of nitrogens with zero attached hydrogens (tertiary/aromatic N) is 2. The van der Waals surface area contributed by atoms with Crippen LogP contribution in [0.3, 0.4) is 0 Å². The van der Waals surface area contributed by atoms with Crippen LogP contribution in [0.15, 0.2) is 75.6 Å². The second kappa shape index (κ2) is 48.9. The molecule has 14 amide bonds. The number of hydrogen-bond donors (Lipinski definition) is 14. The zero-order valence-corrected chi connectivity index (χ0v) is 75.6. The molecule has 2 aromatic carbocycles. The lowest BCUT2D eigenvalue weighted by molar-refractivity contribution is -0.157. The molecule has 1 aromatic heterocycles. The molecule has 0 saturated carbocycles. The Hall–Kier alpha value is -10.8. The summed E-state index contributed by atoms with van der Waals surface area (Å²) in [7, 11) is 0. The van der Waals surface area contributed by atoms with E-state index in [4.69, 9.17) is 9.15 Å². The van der Waals surface area contributed by atoms with Crippen molar-refractivity contribution in [3.63, 3.8) is 0 Å². The zero-order valence-electron chi connectivity index (χ0n) is 75.6. The van der Waals surface area contributed by atoms with Crippen molar-refractivity contribution in [2.45, 2.75) is 294 Å². The van der Waals surface area contributed by atoms with Crippen LogP contribution >= 0.6 is 0 Å². The number of benzene rings is 2. The summed E-state index contributed by atoms with van der Waals surface area (Å²) in [4.78, 5) is 235. The smallest absolute Gasteiger partial charge is 0.349 e. The summed E-state index contributed by atoms with van der Waals surface area (Å²) in [6.07, 6.45) is 0.00595. The molecular weight excluding hydrogens is 1580 g/mol. The van der Waals surface area contributed by atoms with E-state index >= 15 is 24.0 Å². The van der Waals surface area contributed by atoms with Crippen LogP contribution in [-0.4, -0.2) is 210 Å². The van der Waals surface area contributed by atoms with E-state index in [1.54, 1.807) is 139 Å². The highest BCUT2D eigenvalue weighted by Crippen LogP contribution is 2.26. The van der Waals surface area contributed by atoms with Crippen LogP contribution in [0.4, 0.5) is 5.69 Å². The van der Waals surface area contributed by atoms with Gasteiger partial charge in [-0.1, -0.05) is 166 Å². The number of esters is 1. The second-order valence-electron chi connectivity index (χ2n) is 34.5. The third kappa shape index (κ3) is 29.7. The van der Waals surface area contributed by atoms with E-state index in [9.17, 15) is 57.8 Å². The number of allylic oxidation sites excluding steroid dienone is 1. The van der Waals surface area contributed by atoms with E-state index in [2.05, 4.69) is 74.0 Å². The van der Waals surface area contributed by atoms with Gasteiger partial charge in [0.2, 0.25) is 70.9 Å². The Balaban J connectivity index is 1.52. The summed E-state index contributed by atoms with van der Waals surface area (Å²) >= 11 is 0. The van der Waals surface area contributed by atoms with Gasteiger partial charge < -0.3 is 93.2 Å². The van der Waals surface area contributed by atoms with Crippen LogP contribution in [0.1, 0.15) is 219 Å². The lowest BCUT2D eigenvalue weighted by atomic mass is 9.95. The summed E-state index contributed by atoms with van der Waals surface area (Å²) in [6, 6.07) is -2.02. The SMILES string of the molecule is C/C=C1\NC(=O)[C@H](Cc2ccccc2)NC(=O)[C@@H](C(C)C)NC(=O)[C@@H]([C@@H](C)CC)NC(=O)[C@H](NC(=O)[C@H](NC(=O)[C@H](CCCNC(=O)c2cc3ccc(N(CC)CC)cc3oc2=O)NC(=O)[C@H]2CCCN2C(=O)[C@@H](NC(=O)[C@H](NC(=O)[C@H](NC(=O)[C@@H](NC(=O)CCCC(C)C)C(C)C)[C@H](C)O)C(C)C)C(C)C)[C@@H](C)CC)[C@@H](C)OC(=O)[C@H](C(C)C)NC1=O. The Kier molecular flexibility index (Phi) is 40.8. The molecule has 2 saturated heterocycles. The first-order valence-corrected chi connectivity index (χ1v) is 43.6. The first-order chi connectivity index (χ1) is 57.9. The molecule has 5 rings (SSSR count). The van der Waals surface area contributed by atoms with Crippen molar-refractivity contribution in [2.75, 3.05) is 31.1 Å². The summed E-state index contributed by atoms with van der Waals surface area (Å²) in [6.45, 7) is 36.4. The molecule has 0 radical (unpaired) electrons. The lowest BCUT2D eigenvalue weighted by Crippen LogP contribution is -2.64. The van der Waals surface area contributed by atoms with E-state index in [1.807, 2.05) is 33.8 Å². The normalized spacial score (nSPS) is 20.9. The molecule has 0 unspecified atom stereocenters. The average Bonchev–Trinajstić information content (AvgIpc) is 1.75. The molecule has 34 nitrogen and oxygen atoms in total. The van der Waals surface area contributed by atoms with Crippen LogP contribution in [0, 0.1) is 47.3 Å². The molecule has 2 fully saturated rings. The number of anilines is 1. The fraction of sp³-hybridized carbons (Fsp3) is 0.640. The fourth-order valence-electron chi connectivity index (χ4n) is 14.5. The third-order valence-electron chi connectivity index (χ3n) is 22.6. The van der Waals surface area contributed by atoms with Gasteiger partial charge in [-0.2, -0.15) is 0 Å². The Morgan fingerprint density at radius 1 is 0.602 bits per heavy atom. The maximum absolute atomic E-state index is 15.4. The molecular formula is C89H137N15O19. The molecule has 0 bridgehead atoms. The molecule has 0 aliphatic carbocycles. The molecule has 16 atom stereocenters. The number of carbonyl (C=O) groups excluding carboxylic acids is 15. The molecule has 3 heterocycles. The Morgan fingerprint density at radius 3 is 1.75 bits per heavy atom. The van der Waals surface area contributed by atoms with E-state index in [0.717, 1.165) is 12.1 Å². The van der Waals surface area contributed by atoms with Crippen LogP contribution in [-0.2, 0) is 78.3 Å². The topological polar surface area (TPSA) is 479 Å². The van der Waals surface area contributed by atoms with Gasteiger partial charge in [0, 0.05) is 56.2 Å². The van der Waals surface area contributed by atoms with E-state index in [-0.39, 0.29) is 87.2 Å². The number of ether oxygens (including phenoxy) is 1. The Bertz CT molecular complexity index is 4260. The fourth-order valence-corrected chi connectivity index (χ4v) is 14.5. The monoisotopic (exact) mass is 1720 g/mol. The van der Waals surface area contributed by atoms with Gasteiger partial charge in [0.1, 0.15) is 95.4 Å². The van der Waals surface area contributed by atoms with Gasteiger partial charge in [-0.15, -0.1) is 0 Å². The molecule has 3 aromatic rings. The van der Waals surface area contributed by atoms with Crippen LogP contribution in [0.25, 0.3) is 11.0 Å². The van der Waals surface area contributed by atoms with Crippen molar-refractivity contribution >= 4 is 105 Å². The third-order valence-corrected chi connectivity index (χ3v) is 22.6. The van der Waals surface area contributed by atoms with Gasteiger partial charge >= 0.3 is 11.6 Å². The number of hydrogen-bond acceptors (Lipinski definition) is 20. The predicted molar refractivity (Wildman–Crippen MR) is 465 cm³/mol. The number of aliphatic hydroxyl groups is 1. The maximum Gasteiger partial charge on any atom is 0.349 e. The molecule has 123 heavy (non-hydrogen) atoms. The number of nitrogens with one attached hydrogen (secondary N) is 13. The van der Waals surface area contributed by atoms with Gasteiger partial charge in [-0.05, 0) is 138 Å². The summed E-state index contributed by atoms with van der Waals surface area (Å²) in [5.41, 5.74) is 0.120. The number of carbonyl (C=O) groups is 15. The number of aliphatic hydroxyl groups excluding tert-OH is 1. The van der Waals surface area contributed by atoms with E-state index in [0.29, 0.717) is 36.4 Å². The molecule has 2 aliphatic rings. The van der Waals surface area contributed by atoms with Crippen molar-refractivity contribution < 1.29 is 86.2 Å². The standard InChI is InChI=1S/C89H137N15O19/c1-22-52(18)71(84(116)102-74-55(21)122-89(121)70(51(16)17)98-76(108)60(24-3)91-78(110)62(43-56-34-28-27-29-35-56)93-80(112)67(48(10)11)95-83(115)72(53(19)23-2)100-86(74)118)99-77(109)61(36-31-41-90-75(107)59-44-57-39-40-58(103(25-4)26-5)45-64(57)123-88(59)120)92-79(111)63-37-32-42-104(63)87(119)69(50(14)15)97-82(114)68(49(12)13)96-85(117)73(54(20)105)101-81(113)66(47(8)9)94-65(106)38-30-33-46(6)7/h24,27-29,34-35,39-40,44-55,61-63,66-74,105H,22-23,25-26,30-33,36-38,41-43H2,1-21H3,(H,90,107)(H,91,110)(H,92,111)(H,93,112)(H,94,106)(H,95,115)(H,96,117)(H,97,114)(H,98,108)(H,99,109)(H,100,118)(H,101,113)(H,102,116)/b60-24-/t52-,53-,54-,55+,61-,62-,63+,66-,67+,68+,69-,70-,71+,72+,73+,74+/m0/s1. The molecule has 682 valence electrons. The minimum absolute atomic E-state index is 0.00867. The molecule has 0 spiro atoms. The first kappa shape index (κ1) is 103. The largest absolute Gasteiger partial charge is 0.458 e. The summed E-state index contributed by atoms with van der Waals surface area (Å²) in [5.74, 6) is -17.1. The van der Waals surface area contributed by atoms with Crippen molar-refractivity contribution in [3.8, 4) is 0 Å². The Morgan fingerprint density at radius 2 is 1.18 bits per heavy atom. The average molecular weight is 1720 g/mol. The predicted octanol–water partition coefficient (Wildman–Crippen LogP) is 4.26. The highest BCUT2D eigenvalue weighted by atomic mass is 16.5.